The number of carbonyl (C=O) groups excluding carboxylic acids is 1. The van der Waals surface area contributed by atoms with E-state index in [-0.39, 0.29) is 5.41 Å². The highest BCUT2D eigenvalue weighted by Gasteiger charge is 2.61. The minimum atomic E-state index is -0.0319. The molecule has 4 saturated carbocycles. The molecule has 8 atom stereocenters. The van der Waals surface area contributed by atoms with E-state index in [1.807, 2.05) is 0 Å². The lowest BCUT2D eigenvalue weighted by molar-refractivity contribution is -0.134. The van der Waals surface area contributed by atoms with Crippen molar-refractivity contribution in [2.45, 2.75) is 82.1 Å². The molecule has 5 fully saturated rings. The molecule has 2 nitrogen and oxygen atoms in total. The lowest BCUT2D eigenvalue weighted by Gasteiger charge is -2.61. The predicted octanol–water partition coefficient (Wildman–Crippen LogP) is 5.23. The topological polar surface area (TPSA) is 29.1 Å². The van der Waals surface area contributed by atoms with E-state index in [0.29, 0.717) is 23.0 Å². The molecular formula is C24H37NOS. The molecule has 4 aliphatic carbocycles. The molecule has 0 bridgehead atoms. The summed E-state index contributed by atoms with van der Waals surface area (Å²) < 4.78 is 0. The zero-order chi connectivity index (χ0) is 18.8. The molecule has 27 heavy (non-hydrogen) atoms. The highest BCUT2D eigenvalue weighted by Crippen LogP contribution is 2.67. The molecule has 1 heterocycles. The van der Waals surface area contributed by atoms with Gasteiger partial charge in [-0.3, -0.25) is 4.79 Å². The van der Waals surface area contributed by atoms with Gasteiger partial charge < -0.3 is 5.32 Å². The van der Waals surface area contributed by atoms with Gasteiger partial charge in [0.15, 0.2) is 0 Å². The summed E-state index contributed by atoms with van der Waals surface area (Å²) in [5, 5.41) is 5.24. The van der Waals surface area contributed by atoms with Crippen molar-refractivity contribution in [3.05, 3.63) is 12.2 Å². The number of allylic oxidation sites excluding steroid dienone is 1. The van der Waals surface area contributed by atoms with Gasteiger partial charge in [-0.05, 0) is 87.0 Å². The third-order valence-electron chi connectivity index (χ3n) is 9.69. The smallest absolute Gasteiger partial charge is 0.139 e. The number of Topliss-reactive ketones (excluding diaryl/α,β-unsaturated/α-hetero) is 1. The molecule has 3 heteroatoms. The minimum Gasteiger partial charge on any atom is -0.316 e. The predicted molar refractivity (Wildman–Crippen MR) is 114 cm³/mol. The molecule has 150 valence electrons. The molecule has 0 amide bonds. The normalized spacial score (nSPS) is 52.4. The SMILES string of the molecule is C=C1CC2CC(S[C@H]3CCNC3)CC[C@]2(C)[C@@H]2CC[C@]3(C)C(=O)CC[C@H]3[C@H]12. The molecule has 0 aromatic heterocycles. The van der Waals surface area contributed by atoms with Crippen LogP contribution in [0.4, 0.5) is 0 Å². The molecule has 0 radical (unpaired) electrons. The van der Waals surface area contributed by atoms with Gasteiger partial charge in [0.05, 0.1) is 0 Å². The van der Waals surface area contributed by atoms with Gasteiger partial charge in [0.1, 0.15) is 5.78 Å². The van der Waals surface area contributed by atoms with Crippen molar-refractivity contribution in [2.24, 2.45) is 34.5 Å². The Labute approximate surface area is 169 Å². The van der Waals surface area contributed by atoms with Gasteiger partial charge in [0, 0.05) is 28.9 Å². The summed E-state index contributed by atoms with van der Waals surface area (Å²) >= 11 is 2.29. The second-order valence-electron chi connectivity index (χ2n) is 10.9. The third-order valence-corrected chi connectivity index (χ3v) is 11.3. The molecule has 0 aromatic carbocycles. The van der Waals surface area contributed by atoms with Gasteiger partial charge in [-0.2, -0.15) is 11.8 Å². The zero-order valence-corrected chi connectivity index (χ0v) is 18.1. The Bertz CT molecular complexity index is 640. The van der Waals surface area contributed by atoms with Crippen molar-refractivity contribution >= 4 is 17.5 Å². The maximum absolute atomic E-state index is 12.6. The van der Waals surface area contributed by atoms with Crippen molar-refractivity contribution in [3.63, 3.8) is 0 Å². The Morgan fingerprint density at radius 3 is 2.70 bits per heavy atom. The van der Waals surface area contributed by atoms with Gasteiger partial charge in [0.2, 0.25) is 0 Å². The van der Waals surface area contributed by atoms with Gasteiger partial charge in [-0.15, -0.1) is 0 Å². The molecule has 5 aliphatic rings. The fraction of sp³-hybridized carbons (Fsp3) is 0.875. The summed E-state index contributed by atoms with van der Waals surface area (Å²) in [5.74, 6) is 3.38. The summed E-state index contributed by atoms with van der Waals surface area (Å²) in [6.45, 7) is 12.0. The van der Waals surface area contributed by atoms with E-state index in [1.54, 1.807) is 0 Å². The fourth-order valence-corrected chi connectivity index (χ4v) is 9.61. The number of carbonyl (C=O) groups is 1. The Kier molecular flexibility index (Phi) is 4.59. The fourth-order valence-electron chi connectivity index (χ4n) is 8.00. The quantitative estimate of drug-likeness (QED) is 0.658. The van der Waals surface area contributed by atoms with Gasteiger partial charge in [-0.25, -0.2) is 0 Å². The number of hydrogen-bond acceptors (Lipinski definition) is 3. The largest absolute Gasteiger partial charge is 0.316 e. The van der Waals surface area contributed by atoms with Crippen molar-refractivity contribution in [2.75, 3.05) is 13.1 Å². The summed E-state index contributed by atoms with van der Waals surface area (Å²) in [4.78, 5) is 12.6. The highest BCUT2D eigenvalue weighted by atomic mass is 32.2. The van der Waals surface area contributed by atoms with Crippen molar-refractivity contribution in [1.29, 1.82) is 0 Å². The summed E-state index contributed by atoms with van der Waals surface area (Å²) in [6.07, 6.45) is 11.2. The first-order valence-electron chi connectivity index (χ1n) is 11.5. The average molecular weight is 388 g/mol. The molecule has 0 aromatic rings. The van der Waals surface area contributed by atoms with E-state index < -0.39 is 0 Å². The van der Waals surface area contributed by atoms with Crippen LogP contribution in [0.25, 0.3) is 0 Å². The van der Waals surface area contributed by atoms with Gasteiger partial charge in [-0.1, -0.05) is 26.0 Å². The van der Waals surface area contributed by atoms with Crippen LogP contribution in [-0.2, 0) is 4.79 Å². The number of hydrogen-bond donors (Lipinski definition) is 1. The Morgan fingerprint density at radius 1 is 1.07 bits per heavy atom. The van der Waals surface area contributed by atoms with Crippen LogP contribution >= 0.6 is 11.8 Å². The number of rotatable bonds is 2. The summed E-state index contributed by atoms with van der Waals surface area (Å²) in [5.41, 5.74) is 1.97. The second-order valence-corrected chi connectivity index (χ2v) is 12.5. The first kappa shape index (κ1) is 18.7. The van der Waals surface area contributed by atoms with E-state index in [2.05, 4.69) is 37.5 Å². The van der Waals surface area contributed by atoms with E-state index in [9.17, 15) is 4.79 Å². The maximum atomic E-state index is 12.6. The van der Waals surface area contributed by atoms with Crippen molar-refractivity contribution in [3.8, 4) is 0 Å². The molecule has 2 unspecified atom stereocenters. The number of ketones is 1. The van der Waals surface area contributed by atoms with E-state index >= 15 is 0 Å². The van der Waals surface area contributed by atoms with Crippen LogP contribution < -0.4 is 5.32 Å². The summed E-state index contributed by atoms with van der Waals surface area (Å²) in [7, 11) is 0. The molecule has 1 N–H and O–H groups in total. The Morgan fingerprint density at radius 2 is 1.93 bits per heavy atom. The number of nitrogens with one attached hydrogen (secondary N) is 1. The van der Waals surface area contributed by atoms with Gasteiger partial charge in [0.25, 0.3) is 0 Å². The standard InChI is InChI=1S/C24H37NOS/c1-15-12-16-13-17(27-18-8-11-25-14-18)6-9-23(16,2)20-7-10-24(3)19(22(15)20)4-5-21(24)26/h16-20,22,25H,1,4-14H2,2-3H3/t16?,17?,18-,19-,20+,22-,23-,24-/m0/s1. The Balaban J connectivity index is 1.35. The lowest BCUT2D eigenvalue weighted by atomic mass is 9.44. The number of thioether (sulfide) groups is 1. The van der Waals surface area contributed by atoms with Crippen LogP contribution in [0.15, 0.2) is 12.2 Å². The van der Waals surface area contributed by atoms with Crippen LogP contribution in [0.3, 0.4) is 0 Å². The van der Waals surface area contributed by atoms with E-state index in [0.717, 1.165) is 41.6 Å². The second kappa shape index (κ2) is 6.62. The summed E-state index contributed by atoms with van der Waals surface area (Å²) in [6, 6.07) is 0. The first-order chi connectivity index (χ1) is 12.9. The average Bonchev–Trinajstić information content (AvgIpc) is 3.25. The molecular weight excluding hydrogens is 350 g/mol. The van der Waals surface area contributed by atoms with Crippen LogP contribution in [0.2, 0.25) is 0 Å². The maximum Gasteiger partial charge on any atom is 0.139 e. The zero-order valence-electron chi connectivity index (χ0n) is 17.3. The van der Waals surface area contributed by atoms with E-state index in [4.69, 9.17) is 0 Å². The van der Waals surface area contributed by atoms with Crippen LogP contribution in [0, 0.1) is 34.5 Å². The number of fused-ring (bicyclic) bond motifs is 5. The van der Waals surface area contributed by atoms with Gasteiger partial charge >= 0.3 is 0 Å². The lowest BCUT2D eigenvalue weighted by Crippen LogP contribution is -2.54. The molecule has 0 spiro atoms. The third kappa shape index (κ3) is 2.81. The Hall–Kier alpha value is -0.280. The van der Waals surface area contributed by atoms with E-state index in [1.165, 1.54) is 57.2 Å². The van der Waals surface area contributed by atoms with Crippen molar-refractivity contribution in [1.82, 2.24) is 5.32 Å². The first-order valence-corrected chi connectivity index (χ1v) is 12.4. The van der Waals surface area contributed by atoms with Crippen molar-refractivity contribution < 1.29 is 4.79 Å². The molecule has 1 saturated heterocycles. The highest BCUT2D eigenvalue weighted by molar-refractivity contribution is 8.00. The van der Waals surface area contributed by atoms with Crippen LogP contribution in [0.5, 0.6) is 0 Å². The monoisotopic (exact) mass is 387 g/mol. The van der Waals surface area contributed by atoms with Crippen LogP contribution in [0.1, 0.15) is 71.6 Å². The molecule has 5 rings (SSSR count). The minimum absolute atomic E-state index is 0.0319. The van der Waals surface area contributed by atoms with Crippen LogP contribution in [-0.4, -0.2) is 29.4 Å². The molecule has 1 aliphatic heterocycles.